The summed E-state index contributed by atoms with van der Waals surface area (Å²) in [7, 11) is 0. The molecule has 0 atom stereocenters. The van der Waals surface area contributed by atoms with E-state index in [9.17, 15) is 9.59 Å². The fourth-order valence-corrected chi connectivity index (χ4v) is 3.51. The van der Waals surface area contributed by atoms with E-state index in [0.717, 1.165) is 16.9 Å². The summed E-state index contributed by atoms with van der Waals surface area (Å²) in [5.41, 5.74) is 2.99. The molecule has 1 heterocycles. The van der Waals surface area contributed by atoms with Crippen molar-refractivity contribution in [3.8, 4) is 5.69 Å². The van der Waals surface area contributed by atoms with Crippen LogP contribution in [0.2, 0.25) is 10.0 Å². The number of benzene rings is 2. The van der Waals surface area contributed by atoms with Crippen LogP contribution < -0.4 is 5.32 Å². The average molecular weight is 487 g/mol. The Labute approximate surface area is 204 Å². The largest absolute Gasteiger partial charge is 0.330 e. The van der Waals surface area contributed by atoms with Crippen molar-refractivity contribution >= 4 is 40.8 Å². The topological polar surface area (TPSA) is 67.2 Å². The van der Waals surface area contributed by atoms with Crippen molar-refractivity contribution in [2.45, 2.75) is 40.0 Å². The lowest BCUT2D eigenvalue weighted by Crippen LogP contribution is -2.38. The van der Waals surface area contributed by atoms with Crippen molar-refractivity contribution in [2.75, 3.05) is 18.4 Å². The summed E-state index contributed by atoms with van der Waals surface area (Å²) in [5.74, 6) is -0.0700. The van der Waals surface area contributed by atoms with Crippen LogP contribution in [0.25, 0.3) is 5.69 Å². The smallest absolute Gasteiger partial charge is 0.254 e. The molecule has 3 rings (SSSR count). The van der Waals surface area contributed by atoms with Crippen molar-refractivity contribution in [3.63, 3.8) is 0 Å². The fourth-order valence-electron chi connectivity index (χ4n) is 3.21. The van der Waals surface area contributed by atoms with E-state index in [0.29, 0.717) is 28.0 Å². The highest BCUT2D eigenvalue weighted by atomic mass is 35.5. The number of carbonyl (C=O) groups excluding carboxylic acids is 2. The first kappa shape index (κ1) is 24.8. The number of halogens is 2. The van der Waals surface area contributed by atoms with E-state index >= 15 is 0 Å². The second kappa shape index (κ2) is 9.98. The number of carbonyl (C=O) groups is 2. The molecule has 0 aliphatic carbocycles. The van der Waals surface area contributed by atoms with Crippen LogP contribution in [-0.4, -0.2) is 39.6 Å². The summed E-state index contributed by atoms with van der Waals surface area (Å²) in [6.07, 6.45) is 0. The minimum absolute atomic E-state index is 0.112. The van der Waals surface area contributed by atoms with Gasteiger partial charge in [0.15, 0.2) is 0 Å². The normalized spacial score (nSPS) is 11.4. The Kier molecular flexibility index (Phi) is 7.50. The van der Waals surface area contributed by atoms with E-state index < -0.39 is 0 Å². The molecule has 0 fully saturated rings. The quantitative estimate of drug-likeness (QED) is 0.472. The van der Waals surface area contributed by atoms with Gasteiger partial charge in [0, 0.05) is 23.6 Å². The molecule has 2 amide bonds. The van der Waals surface area contributed by atoms with Gasteiger partial charge in [-0.3, -0.25) is 9.59 Å². The van der Waals surface area contributed by atoms with Crippen molar-refractivity contribution in [3.05, 3.63) is 75.4 Å². The molecule has 0 aliphatic rings. The summed E-state index contributed by atoms with van der Waals surface area (Å²) in [6, 6.07) is 14.4. The molecule has 1 N–H and O–H groups in total. The van der Waals surface area contributed by atoms with Crippen LogP contribution in [0, 0.1) is 6.92 Å². The van der Waals surface area contributed by atoms with Gasteiger partial charge in [-0.2, -0.15) is 5.10 Å². The molecule has 0 spiro atoms. The Morgan fingerprint density at radius 3 is 2.27 bits per heavy atom. The molecule has 174 valence electrons. The zero-order valence-corrected chi connectivity index (χ0v) is 21.0. The van der Waals surface area contributed by atoms with Gasteiger partial charge in [-0.1, -0.05) is 61.7 Å². The monoisotopic (exact) mass is 486 g/mol. The lowest BCUT2D eigenvalue weighted by atomic mass is 9.92. The van der Waals surface area contributed by atoms with Crippen LogP contribution in [0.3, 0.4) is 0 Å². The molecule has 0 saturated carbocycles. The maximum atomic E-state index is 12.9. The molecule has 0 radical (unpaired) electrons. The van der Waals surface area contributed by atoms with E-state index in [1.807, 2.05) is 44.2 Å². The molecule has 0 unspecified atom stereocenters. The van der Waals surface area contributed by atoms with Crippen molar-refractivity contribution < 1.29 is 9.59 Å². The number of hydrogen-bond acceptors (Lipinski definition) is 3. The highest BCUT2D eigenvalue weighted by molar-refractivity contribution is 6.42. The number of nitrogens with zero attached hydrogens (tertiary/aromatic N) is 3. The highest BCUT2D eigenvalue weighted by Gasteiger charge is 2.23. The summed E-state index contributed by atoms with van der Waals surface area (Å²) in [6.45, 7) is 10.3. The molecule has 0 saturated heterocycles. The third kappa shape index (κ3) is 5.95. The minimum atomic E-state index is -0.320. The summed E-state index contributed by atoms with van der Waals surface area (Å²) in [4.78, 5) is 27.3. The van der Waals surface area contributed by atoms with Gasteiger partial charge in [0.05, 0.1) is 21.4 Å². The molecular formula is C25H28Cl2N4O2. The SMILES string of the molecule is CCN(CC(=O)Nc1cc(C(C)(C)C)nn1-c1ccc(C)cc1)C(=O)c1ccc(Cl)c(Cl)c1. The third-order valence-corrected chi connectivity index (χ3v) is 5.93. The van der Waals surface area contributed by atoms with Crippen LogP contribution >= 0.6 is 23.2 Å². The molecule has 6 nitrogen and oxygen atoms in total. The number of aromatic nitrogens is 2. The lowest BCUT2D eigenvalue weighted by Gasteiger charge is -2.21. The van der Waals surface area contributed by atoms with Gasteiger partial charge in [0.25, 0.3) is 5.91 Å². The van der Waals surface area contributed by atoms with Crippen LogP contribution in [0.1, 0.15) is 49.3 Å². The highest BCUT2D eigenvalue weighted by Crippen LogP contribution is 2.27. The number of nitrogens with one attached hydrogen (secondary N) is 1. The van der Waals surface area contributed by atoms with E-state index in [4.69, 9.17) is 28.3 Å². The van der Waals surface area contributed by atoms with Crippen molar-refractivity contribution in [2.24, 2.45) is 0 Å². The van der Waals surface area contributed by atoms with Gasteiger partial charge in [0.2, 0.25) is 5.91 Å². The number of rotatable bonds is 6. The first-order valence-corrected chi connectivity index (χ1v) is 11.5. The van der Waals surface area contributed by atoms with Crippen LogP contribution in [0.4, 0.5) is 5.82 Å². The van der Waals surface area contributed by atoms with Crippen molar-refractivity contribution in [1.29, 1.82) is 0 Å². The Balaban J connectivity index is 1.83. The van der Waals surface area contributed by atoms with Gasteiger partial charge in [-0.25, -0.2) is 4.68 Å². The van der Waals surface area contributed by atoms with Gasteiger partial charge < -0.3 is 10.2 Å². The summed E-state index contributed by atoms with van der Waals surface area (Å²) >= 11 is 12.0. The number of anilines is 1. The van der Waals surface area contributed by atoms with E-state index in [-0.39, 0.29) is 23.8 Å². The van der Waals surface area contributed by atoms with E-state index in [1.165, 1.54) is 11.0 Å². The Hall–Kier alpha value is -2.83. The second-order valence-corrected chi connectivity index (χ2v) is 9.72. The maximum absolute atomic E-state index is 12.9. The Morgan fingerprint density at radius 2 is 1.70 bits per heavy atom. The molecule has 0 bridgehead atoms. The van der Waals surface area contributed by atoms with Crippen LogP contribution in [-0.2, 0) is 10.2 Å². The first-order chi connectivity index (χ1) is 15.5. The molecule has 8 heteroatoms. The third-order valence-electron chi connectivity index (χ3n) is 5.19. The van der Waals surface area contributed by atoms with Gasteiger partial charge in [0.1, 0.15) is 12.4 Å². The van der Waals surface area contributed by atoms with Crippen molar-refractivity contribution in [1.82, 2.24) is 14.7 Å². The molecular weight excluding hydrogens is 459 g/mol. The number of aryl methyl sites for hydroxylation is 1. The summed E-state index contributed by atoms with van der Waals surface area (Å²) < 4.78 is 1.72. The predicted molar refractivity (Wildman–Crippen MR) is 134 cm³/mol. The minimum Gasteiger partial charge on any atom is -0.330 e. The molecule has 1 aromatic heterocycles. The van der Waals surface area contributed by atoms with E-state index in [1.54, 1.807) is 16.8 Å². The zero-order valence-electron chi connectivity index (χ0n) is 19.4. The zero-order chi connectivity index (χ0) is 24.3. The standard InChI is InChI=1S/C25H28Cl2N4O2/c1-6-30(24(33)17-9-12-19(26)20(27)13-17)15-23(32)28-22-14-21(25(3,4)5)29-31(22)18-10-7-16(2)8-11-18/h7-14H,6,15H2,1-5H3,(H,28,32). The Bertz CT molecular complexity index is 1160. The van der Waals surface area contributed by atoms with E-state index in [2.05, 4.69) is 26.1 Å². The molecule has 3 aromatic rings. The molecule has 0 aliphatic heterocycles. The number of likely N-dealkylation sites (N-methyl/N-ethyl adjacent to an activating group) is 1. The number of hydrogen-bond donors (Lipinski definition) is 1. The van der Waals surface area contributed by atoms with Crippen LogP contribution in [0.5, 0.6) is 0 Å². The second-order valence-electron chi connectivity index (χ2n) is 8.91. The summed E-state index contributed by atoms with van der Waals surface area (Å²) in [5, 5.41) is 8.32. The van der Waals surface area contributed by atoms with Gasteiger partial charge in [-0.05, 0) is 44.2 Å². The van der Waals surface area contributed by atoms with Gasteiger partial charge >= 0.3 is 0 Å². The Morgan fingerprint density at radius 1 is 1.03 bits per heavy atom. The molecule has 33 heavy (non-hydrogen) atoms. The molecule has 2 aromatic carbocycles. The predicted octanol–water partition coefficient (Wildman–Crippen LogP) is 5.89. The average Bonchev–Trinajstić information content (AvgIpc) is 3.18. The van der Waals surface area contributed by atoms with Gasteiger partial charge in [-0.15, -0.1) is 0 Å². The number of amides is 2. The van der Waals surface area contributed by atoms with Crippen LogP contribution in [0.15, 0.2) is 48.5 Å². The first-order valence-electron chi connectivity index (χ1n) is 10.7. The maximum Gasteiger partial charge on any atom is 0.254 e. The lowest BCUT2D eigenvalue weighted by molar-refractivity contribution is -0.116. The fraction of sp³-hybridized carbons (Fsp3) is 0.320.